The minimum atomic E-state index is -0.756. The molecule has 104 valence electrons. The van der Waals surface area contributed by atoms with E-state index in [1.807, 2.05) is 12.1 Å². The molecule has 4 nitrogen and oxygen atoms in total. The average Bonchev–Trinajstić information content (AvgIpc) is 2.45. The highest BCUT2D eigenvalue weighted by Gasteiger charge is 2.11. The van der Waals surface area contributed by atoms with Crippen molar-refractivity contribution in [1.82, 2.24) is 5.32 Å². The van der Waals surface area contributed by atoms with Crippen LogP contribution in [0.25, 0.3) is 0 Å². The highest BCUT2D eigenvalue weighted by Crippen LogP contribution is 2.16. The smallest absolute Gasteiger partial charge is 0.254 e. The van der Waals surface area contributed by atoms with Gasteiger partial charge >= 0.3 is 0 Å². The Hall–Kier alpha value is -2.56. The van der Waals surface area contributed by atoms with E-state index in [9.17, 15) is 9.18 Å². The lowest BCUT2D eigenvalue weighted by atomic mass is 10.1. The van der Waals surface area contributed by atoms with Crippen molar-refractivity contribution < 1.29 is 19.0 Å². The molecule has 0 aliphatic rings. The zero-order valence-corrected chi connectivity index (χ0v) is 10.9. The summed E-state index contributed by atoms with van der Waals surface area (Å²) >= 11 is 0. The SMILES string of the molecule is COc1cccc(CNC(=O)c2ccc(O)cc2F)c1. The van der Waals surface area contributed by atoms with Crippen molar-refractivity contribution in [1.29, 1.82) is 0 Å². The lowest BCUT2D eigenvalue weighted by Crippen LogP contribution is -2.23. The van der Waals surface area contributed by atoms with Crippen LogP contribution in [0.15, 0.2) is 42.5 Å². The summed E-state index contributed by atoms with van der Waals surface area (Å²) in [5, 5.41) is 11.7. The second-order valence-corrected chi connectivity index (χ2v) is 4.20. The number of benzene rings is 2. The molecule has 0 spiro atoms. The number of aromatic hydroxyl groups is 1. The van der Waals surface area contributed by atoms with E-state index >= 15 is 0 Å². The van der Waals surface area contributed by atoms with Crippen LogP contribution in [0, 0.1) is 5.82 Å². The van der Waals surface area contributed by atoms with E-state index in [0.29, 0.717) is 5.75 Å². The number of phenols is 1. The van der Waals surface area contributed by atoms with Crippen LogP contribution in [0.1, 0.15) is 15.9 Å². The van der Waals surface area contributed by atoms with Gasteiger partial charge in [-0.1, -0.05) is 12.1 Å². The summed E-state index contributed by atoms with van der Waals surface area (Å²) in [7, 11) is 1.56. The molecule has 0 radical (unpaired) electrons. The first-order chi connectivity index (χ1) is 9.60. The maximum Gasteiger partial charge on any atom is 0.254 e. The average molecular weight is 275 g/mol. The zero-order valence-electron chi connectivity index (χ0n) is 10.9. The van der Waals surface area contributed by atoms with Gasteiger partial charge in [-0.2, -0.15) is 0 Å². The molecule has 2 aromatic carbocycles. The number of nitrogens with one attached hydrogen (secondary N) is 1. The Morgan fingerprint density at radius 2 is 2.10 bits per heavy atom. The third-order valence-corrected chi connectivity index (χ3v) is 2.78. The zero-order chi connectivity index (χ0) is 14.5. The van der Waals surface area contributed by atoms with Gasteiger partial charge in [-0.05, 0) is 29.8 Å². The molecule has 0 saturated carbocycles. The number of phenolic OH excluding ortho intramolecular Hbond substituents is 1. The van der Waals surface area contributed by atoms with Crippen LogP contribution in [-0.2, 0) is 6.54 Å². The van der Waals surface area contributed by atoms with Crippen molar-refractivity contribution in [3.63, 3.8) is 0 Å². The fourth-order valence-corrected chi connectivity index (χ4v) is 1.75. The summed E-state index contributed by atoms with van der Waals surface area (Å²) in [6.45, 7) is 0.260. The number of carbonyl (C=O) groups is 1. The maximum absolute atomic E-state index is 13.5. The summed E-state index contributed by atoms with van der Waals surface area (Å²) in [4.78, 5) is 11.8. The number of hydrogen-bond donors (Lipinski definition) is 2. The van der Waals surface area contributed by atoms with Gasteiger partial charge in [-0.3, -0.25) is 4.79 Å². The maximum atomic E-state index is 13.5. The second-order valence-electron chi connectivity index (χ2n) is 4.20. The number of carbonyl (C=O) groups excluding carboxylic acids is 1. The molecule has 0 heterocycles. The molecule has 0 saturated heterocycles. The van der Waals surface area contributed by atoms with E-state index in [-0.39, 0.29) is 17.9 Å². The van der Waals surface area contributed by atoms with Crippen LogP contribution in [-0.4, -0.2) is 18.1 Å². The summed E-state index contributed by atoms with van der Waals surface area (Å²) < 4.78 is 18.6. The summed E-state index contributed by atoms with van der Waals surface area (Å²) in [6, 6.07) is 10.6. The fraction of sp³-hybridized carbons (Fsp3) is 0.133. The van der Waals surface area contributed by atoms with Gasteiger partial charge in [0.25, 0.3) is 5.91 Å². The third kappa shape index (κ3) is 3.26. The number of halogens is 1. The molecule has 0 bridgehead atoms. The number of amides is 1. The van der Waals surface area contributed by atoms with E-state index in [1.165, 1.54) is 12.1 Å². The second kappa shape index (κ2) is 6.06. The number of hydrogen-bond acceptors (Lipinski definition) is 3. The standard InChI is InChI=1S/C15H14FNO3/c1-20-12-4-2-3-10(7-12)9-17-15(19)13-6-5-11(18)8-14(13)16/h2-8,18H,9H2,1H3,(H,17,19). The van der Waals surface area contributed by atoms with Gasteiger partial charge < -0.3 is 15.2 Å². The summed E-state index contributed by atoms with van der Waals surface area (Å²) in [5.41, 5.74) is 0.739. The van der Waals surface area contributed by atoms with Crippen molar-refractivity contribution in [2.24, 2.45) is 0 Å². The highest BCUT2D eigenvalue weighted by atomic mass is 19.1. The Morgan fingerprint density at radius 3 is 2.80 bits per heavy atom. The van der Waals surface area contributed by atoms with Crippen LogP contribution in [0.4, 0.5) is 4.39 Å². The molecular formula is C15H14FNO3. The molecule has 0 aliphatic heterocycles. The molecule has 20 heavy (non-hydrogen) atoms. The monoisotopic (exact) mass is 275 g/mol. The molecule has 0 atom stereocenters. The molecule has 0 aromatic heterocycles. The number of ether oxygens (including phenoxy) is 1. The third-order valence-electron chi connectivity index (χ3n) is 2.78. The van der Waals surface area contributed by atoms with E-state index in [2.05, 4.69) is 5.32 Å². The molecule has 2 N–H and O–H groups in total. The van der Waals surface area contributed by atoms with Gasteiger partial charge in [0.2, 0.25) is 0 Å². The van der Waals surface area contributed by atoms with Crippen molar-refractivity contribution in [3.05, 3.63) is 59.4 Å². The van der Waals surface area contributed by atoms with Gasteiger partial charge in [0, 0.05) is 12.6 Å². The van der Waals surface area contributed by atoms with Crippen LogP contribution in [0.5, 0.6) is 11.5 Å². The predicted octanol–water partition coefficient (Wildman–Crippen LogP) is 2.47. The number of methoxy groups -OCH3 is 1. The van der Waals surface area contributed by atoms with Gasteiger partial charge in [-0.25, -0.2) is 4.39 Å². The van der Waals surface area contributed by atoms with Crippen LogP contribution >= 0.6 is 0 Å². The van der Waals surface area contributed by atoms with Crippen molar-refractivity contribution in [3.8, 4) is 11.5 Å². The first kappa shape index (κ1) is 13.9. The predicted molar refractivity (Wildman–Crippen MR) is 72.2 cm³/mol. The first-order valence-electron chi connectivity index (χ1n) is 6.00. The molecule has 2 rings (SSSR count). The van der Waals surface area contributed by atoms with Crippen LogP contribution in [0.3, 0.4) is 0 Å². The van der Waals surface area contributed by atoms with Crippen molar-refractivity contribution >= 4 is 5.91 Å². The Balaban J connectivity index is 2.04. The van der Waals surface area contributed by atoms with E-state index in [4.69, 9.17) is 9.84 Å². The van der Waals surface area contributed by atoms with Crippen molar-refractivity contribution in [2.45, 2.75) is 6.54 Å². The molecule has 1 amide bonds. The Kier molecular flexibility index (Phi) is 4.20. The Labute approximate surface area is 115 Å². The normalized spacial score (nSPS) is 10.1. The van der Waals surface area contributed by atoms with E-state index in [0.717, 1.165) is 11.6 Å². The van der Waals surface area contributed by atoms with Gasteiger partial charge in [0.1, 0.15) is 17.3 Å². The lowest BCUT2D eigenvalue weighted by Gasteiger charge is -2.08. The first-order valence-corrected chi connectivity index (χ1v) is 6.00. The van der Waals surface area contributed by atoms with Crippen molar-refractivity contribution in [2.75, 3.05) is 7.11 Å². The van der Waals surface area contributed by atoms with Crippen LogP contribution < -0.4 is 10.1 Å². The fourth-order valence-electron chi connectivity index (χ4n) is 1.75. The summed E-state index contributed by atoms with van der Waals surface area (Å²) in [6.07, 6.45) is 0. The van der Waals surface area contributed by atoms with Gasteiger partial charge in [-0.15, -0.1) is 0 Å². The van der Waals surface area contributed by atoms with Gasteiger partial charge in [0.05, 0.1) is 12.7 Å². The minimum absolute atomic E-state index is 0.106. The molecule has 0 aliphatic carbocycles. The molecule has 0 unspecified atom stereocenters. The lowest BCUT2D eigenvalue weighted by molar-refractivity contribution is 0.0947. The molecule has 0 fully saturated rings. The molecule has 2 aromatic rings. The highest BCUT2D eigenvalue weighted by molar-refractivity contribution is 5.94. The van der Waals surface area contributed by atoms with Gasteiger partial charge in [0.15, 0.2) is 0 Å². The largest absolute Gasteiger partial charge is 0.508 e. The Morgan fingerprint density at radius 1 is 1.30 bits per heavy atom. The number of rotatable bonds is 4. The minimum Gasteiger partial charge on any atom is -0.508 e. The molecule has 5 heteroatoms. The molecular weight excluding hydrogens is 261 g/mol. The Bertz CT molecular complexity index is 628. The summed E-state index contributed by atoms with van der Waals surface area (Å²) in [5.74, 6) is -0.821. The van der Waals surface area contributed by atoms with E-state index in [1.54, 1.807) is 19.2 Å². The quantitative estimate of drug-likeness (QED) is 0.901. The van der Waals surface area contributed by atoms with E-state index < -0.39 is 11.7 Å². The topological polar surface area (TPSA) is 58.6 Å². The van der Waals surface area contributed by atoms with Crippen LogP contribution in [0.2, 0.25) is 0 Å².